The molecule has 5 nitrogen and oxygen atoms in total. The summed E-state index contributed by atoms with van der Waals surface area (Å²) in [6, 6.07) is 11.9. The standard InChI is InChI=1S/C19H18N4OS/c1-12-8-9-16(24-12)18-22-17(20)15-11-14(25-19(15)23-18)7-4-6-13-5-2-3-10-21-13/h2-3,5,8-11H,4,6-7H2,1H3,(H2,20,22,23). The van der Waals surface area contributed by atoms with E-state index in [0.717, 1.165) is 40.9 Å². The summed E-state index contributed by atoms with van der Waals surface area (Å²) >= 11 is 1.67. The van der Waals surface area contributed by atoms with Crippen molar-refractivity contribution in [2.75, 3.05) is 5.73 Å². The van der Waals surface area contributed by atoms with Crippen molar-refractivity contribution in [1.29, 1.82) is 0 Å². The van der Waals surface area contributed by atoms with Gasteiger partial charge in [-0.05, 0) is 56.5 Å². The fourth-order valence-electron chi connectivity index (χ4n) is 2.77. The maximum atomic E-state index is 6.14. The van der Waals surface area contributed by atoms with Crippen LogP contribution in [0.4, 0.5) is 5.82 Å². The second-order valence-corrected chi connectivity index (χ2v) is 7.06. The maximum absolute atomic E-state index is 6.14. The van der Waals surface area contributed by atoms with Crippen LogP contribution in [0, 0.1) is 6.92 Å². The van der Waals surface area contributed by atoms with E-state index in [1.807, 2.05) is 37.4 Å². The highest BCUT2D eigenvalue weighted by Gasteiger charge is 2.13. The molecule has 0 aliphatic carbocycles. The Labute approximate surface area is 149 Å². The smallest absolute Gasteiger partial charge is 0.199 e. The number of nitrogens with two attached hydrogens (primary N) is 1. The van der Waals surface area contributed by atoms with Gasteiger partial charge < -0.3 is 10.2 Å². The lowest BCUT2D eigenvalue weighted by Crippen LogP contribution is -1.95. The van der Waals surface area contributed by atoms with Crippen molar-refractivity contribution in [1.82, 2.24) is 15.0 Å². The molecule has 0 amide bonds. The number of nitrogens with zero attached hydrogens (tertiary/aromatic N) is 3. The third-order valence-corrected chi connectivity index (χ3v) is 5.10. The van der Waals surface area contributed by atoms with Crippen LogP contribution in [0.5, 0.6) is 0 Å². The first-order chi connectivity index (χ1) is 12.2. The summed E-state index contributed by atoms with van der Waals surface area (Å²) in [5.74, 6) is 2.52. The van der Waals surface area contributed by atoms with Gasteiger partial charge in [-0.15, -0.1) is 11.3 Å². The quantitative estimate of drug-likeness (QED) is 0.577. The van der Waals surface area contributed by atoms with Crippen LogP contribution in [0.1, 0.15) is 22.8 Å². The molecular formula is C19H18N4OS. The Balaban J connectivity index is 1.54. The van der Waals surface area contributed by atoms with Crippen LogP contribution in [0.25, 0.3) is 21.8 Å². The van der Waals surface area contributed by atoms with Crippen LogP contribution in [0.2, 0.25) is 0 Å². The van der Waals surface area contributed by atoms with Gasteiger partial charge in [0.15, 0.2) is 11.6 Å². The number of anilines is 1. The average molecular weight is 350 g/mol. The Bertz CT molecular complexity index is 1010. The zero-order valence-electron chi connectivity index (χ0n) is 13.9. The first kappa shape index (κ1) is 15.8. The molecule has 0 fully saturated rings. The first-order valence-electron chi connectivity index (χ1n) is 8.22. The molecule has 2 N–H and O–H groups in total. The molecule has 0 saturated carbocycles. The van der Waals surface area contributed by atoms with Gasteiger partial charge >= 0.3 is 0 Å². The van der Waals surface area contributed by atoms with E-state index < -0.39 is 0 Å². The van der Waals surface area contributed by atoms with E-state index in [4.69, 9.17) is 10.2 Å². The molecule has 0 spiro atoms. The Morgan fingerprint density at radius 1 is 1.12 bits per heavy atom. The van der Waals surface area contributed by atoms with Gasteiger partial charge in [0.25, 0.3) is 0 Å². The van der Waals surface area contributed by atoms with Crippen molar-refractivity contribution >= 4 is 27.4 Å². The molecule has 4 rings (SSSR count). The maximum Gasteiger partial charge on any atom is 0.199 e. The largest absolute Gasteiger partial charge is 0.458 e. The molecule has 6 heteroatoms. The summed E-state index contributed by atoms with van der Waals surface area (Å²) in [4.78, 5) is 15.6. The number of furan rings is 1. The lowest BCUT2D eigenvalue weighted by molar-refractivity contribution is 0.544. The summed E-state index contributed by atoms with van der Waals surface area (Å²) in [5.41, 5.74) is 7.26. The lowest BCUT2D eigenvalue weighted by Gasteiger charge is -1.99. The van der Waals surface area contributed by atoms with Gasteiger partial charge in [-0.2, -0.15) is 0 Å². The SMILES string of the molecule is Cc1ccc(-c2nc(N)c3cc(CCCc4ccccn4)sc3n2)o1. The molecule has 0 aliphatic rings. The van der Waals surface area contributed by atoms with E-state index in [2.05, 4.69) is 27.1 Å². The number of aryl methyl sites for hydroxylation is 3. The van der Waals surface area contributed by atoms with Gasteiger partial charge in [0, 0.05) is 16.8 Å². The molecule has 0 aromatic carbocycles. The highest BCUT2D eigenvalue weighted by atomic mass is 32.1. The van der Waals surface area contributed by atoms with Gasteiger partial charge in [0.05, 0.1) is 5.39 Å². The summed E-state index contributed by atoms with van der Waals surface area (Å²) < 4.78 is 5.61. The minimum atomic E-state index is 0.501. The average Bonchev–Trinajstić information content (AvgIpc) is 3.22. The van der Waals surface area contributed by atoms with E-state index in [1.54, 1.807) is 11.3 Å². The van der Waals surface area contributed by atoms with Crippen molar-refractivity contribution < 1.29 is 4.42 Å². The van der Waals surface area contributed by atoms with Gasteiger partial charge in [-0.1, -0.05) is 6.07 Å². The summed E-state index contributed by atoms with van der Waals surface area (Å²) in [6.07, 6.45) is 4.82. The van der Waals surface area contributed by atoms with E-state index in [0.29, 0.717) is 17.4 Å². The van der Waals surface area contributed by atoms with Gasteiger partial charge in [0.2, 0.25) is 0 Å². The Kier molecular flexibility index (Phi) is 4.19. The Morgan fingerprint density at radius 2 is 2.04 bits per heavy atom. The molecule has 0 bridgehead atoms. The van der Waals surface area contributed by atoms with E-state index >= 15 is 0 Å². The molecule has 0 atom stereocenters. The predicted octanol–water partition coefficient (Wildman–Crippen LogP) is 4.41. The zero-order valence-corrected chi connectivity index (χ0v) is 14.7. The van der Waals surface area contributed by atoms with Crippen LogP contribution in [-0.4, -0.2) is 15.0 Å². The van der Waals surface area contributed by atoms with Crippen molar-refractivity contribution in [3.05, 3.63) is 58.9 Å². The number of pyridine rings is 1. The lowest BCUT2D eigenvalue weighted by atomic mass is 10.1. The Morgan fingerprint density at radius 3 is 2.80 bits per heavy atom. The normalized spacial score (nSPS) is 11.2. The molecule has 0 saturated heterocycles. The van der Waals surface area contributed by atoms with Crippen molar-refractivity contribution in [3.8, 4) is 11.6 Å². The number of aromatic nitrogens is 3. The third-order valence-electron chi connectivity index (χ3n) is 4.02. The summed E-state index contributed by atoms with van der Waals surface area (Å²) in [6.45, 7) is 1.90. The van der Waals surface area contributed by atoms with Crippen LogP contribution >= 0.6 is 11.3 Å². The molecule has 25 heavy (non-hydrogen) atoms. The van der Waals surface area contributed by atoms with Crippen molar-refractivity contribution in [2.24, 2.45) is 0 Å². The number of rotatable bonds is 5. The number of hydrogen-bond acceptors (Lipinski definition) is 6. The van der Waals surface area contributed by atoms with Gasteiger partial charge in [-0.3, -0.25) is 4.98 Å². The number of thiophene rings is 1. The highest BCUT2D eigenvalue weighted by Crippen LogP contribution is 2.31. The van der Waals surface area contributed by atoms with Crippen molar-refractivity contribution in [3.63, 3.8) is 0 Å². The van der Waals surface area contributed by atoms with E-state index in [1.165, 1.54) is 4.88 Å². The number of fused-ring (bicyclic) bond motifs is 1. The molecule has 126 valence electrons. The second-order valence-electron chi connectivity index (χ2n) is 5.95. The minimum absolute atomic E-state index is 0.501. The van der Waals surface area contributed by atoms with E-state index in [-0.39, 0.29) is 0 Å². The molecule has 4 aromatic rings. The topological polar surface area (TPSA) is 77.8 Å². The zero-order chi connectivity index (χ0) is 17.2. The highest BCUT2D eigenvalue weighted by molar-refractivity contribution is 7.18. The molecule has 0 unspecified atom stereocenters. The molecule has 0 aliphatic heterocycles. The molecule has 4 heterocycles. The monoisotopic (exact) mass is 350 g/mol. The van der Waals surface area contributed by atoms with E-state index in [9.17, 15) is 0 Å². The van der Waals surface area contributed by atoms with Crippen molar-refractivity contribution in [2.45, 2.75) is 26.2 Å². The molecule has 0 radical (unpaired) electrons. The number of hydrogen-bond donors (Lipinski definition) is 1. The molecular weight excluding hydrogens is 332 g/mol. The minimum Gasteiger partial charge on any atom is -0.458 e. The van der Waals surface area contributed by atoms with Crippen LogP contribution in [0.15, 0.2) is 47.0 Å². The Hall–Kier alpha value is -2.73. The van der Waals surface area contributed by atoms with Crippen LogP contribution in [-0.2, 0) is 12.8 Å². The second kappa shape index (κ2) is 6.64. The fourth-order valence-corrected chi connectivity index (χ4v) is 3.85. The van der Waals surface area contributed by atoms with Crippen LogP contribution < -0.4 is 5.73 Å². The third kappa shape index (κ3) is 3.39. The summed E-state index contributed by atoms with van der Waals surface area (Å²) in [5, 5.41) is 0.921. The van der Waals surface area contributed by atoms with Crippen LogP contribution in [0.3, 0.4) is 0 Å². The fraction of sp³-hybridized carbons (Fsp3) is 0.211. The predicted molar refractivity (Wildman–Crippen MR) is 101 cm³/mol. The van der Waals surface area contributed by atoms with Gasteiger partial charge in [-0.25, -0.2) is 9.97 Å². The first-order valence-corrected chi connectivity index (χ1v) is 9.03. The number of nitrogen functional groups attached to an aromatic ring is 1. The summed E-state index contributed by atoms with van der Waals surface area (Å²) in [7, 11) is 0. The molecule has 4 aromatic heterocycles. The van der Waals surface area contributed by atoms with Gasteiger partial charge in [0.1, 0.15) is 16.4 Å².